The van der Waals surface area contributed by atoms with Crippen LogP contribution in [-0.2, 0) is 4.74 Å². The summed E-state index contributed by atoms with van der Waals surface area (Å²) in [5.74, 6) is 0. The van der Waals surface area contributed by atoms with Gasteiger partial charge in [-0.3, -0.25) is 0 Å². The minimum Gasteiger partial charge on any atom is -0.389 e. The maximum absolute atomic E-state index is 9.77. The molecule has 0 saturated carbocycles. The molecule has 0 aliphatic rings. The first-order valence-electron chi connectivity index (χ1n) is 7.24. The van der Waals surface area contributed by atoms with Crippen molar-refractivity contribution in [2.75, 3.05) is 13.2 Å². The highest BCUT2D eigenvalue weighted by molar-refractivity contribution is 6.21. The van der Waals surface area contributed by atoms with E-state index in [2.05, 4.69) is 13.8 Å². The van der Waals surface area contributed by atoms with Gasteiger partial charge in [-0.2, -0.15) is 0 Å². The first kappa shape index (κ1) is 19.5. The maximum Gasteiger partial charge on any atom is 0.0936 e. The molecule has 0 aromatic rings. The van der Waals surface area contributed by atoms with Crippen molar-refractivity contribution in [3.8, 4) is 0 Å². The number of hydrogen-bond donors (Lipinski definition) is 2. The van der Waals surface area contributed by atoms with Gasteiger partial charge in [0.15, 0.2) is 0 Å². The van der Waals surface area contributed by atoms with Crippen LogP contribution in [0.1, 0.15) is 52.4 Å². The highest BCUT2D eigenvalue weighted by Crippen LogP contribution is 2.14. The third-order valence-corrected chi connectivity index (χ3v) is 4.10. The number of rotatable bonds is 12. The first-order valence-corrected chi connectivity index (χ1v) is 8.12. The average molecular weight is 315 g/mol. The predicted octanol–water partition coefficient (Wildman–Crippen LogP) is 3.32. The molecule has 0 aromatic carbocycles. The molecule has 0 amide bonds. The molecule has 0 radical (unpaired) electrons. The zero-order chi connectivity index (χ0) is 14.7. The van der Waals surface area contributed by atoms with E-state index in [9.17, 15) is 10.2 Å². The number of halogens is 2. The van der Waals surface area contributed by atoms with Crippen molar-refractivity contribution in [3.05, 3.63) is 0 Å². The Bertz CT molecular complexity index is 185. The van der Waals surface area contributed by atoms with Crippen LogP contribution in [-0.4, -0.2) is 46.4 Å². The van der Waals surface area contributed by atoms with Gasteiger partial charge in [0, 0.05) is 0 Å². The molecule has 0 heterocycles. The van der Waals surface area contributed by atoms with Gasteiger partial charge >= 0.3 is 0 Å². The quantitative estimate of drug-likeness (QED) is 0.543. The molecule has 19 heavy (non-hydrogen) atoms. The van der Waals surface area contributed by atoms with Gasteiger partial charge < -0.3 is 14.9 Å². The first-order chi connectivity index (χ1) is 9.02. The van der Waals surface area contributed by atoms with E-state index < -0.39 is 12.2 Å². The fraction of sp³-hybridized carbons (Fsp3) is 1.00. The summed E-state index contributed by atoms with van der Waals surface area (Å²) in [6.45, 7) is 4.46. The molecule has 0 fully saturated rings. The van der Waals surface area contributed by atoms with Crippen molar-refractivity contribution in [2.24, 2.45) is 0 Å². The third kappa shape index (κ3) is 9.91. The number of hydrogen-bond acceptors (Lipinski definition) is 3. The Labute approximate surface area is 127 Å². The lowest BCUT2D eigenvalue weighted by molar-refractivity contribution is -0.0105. The van der Waals surface area contributed by atoms with Crippen molar-refractivity contribution >= 4 is 23.2 Å². The summed E-state index contributed by atoms with van der Waals surface area (Å²) in [5, 5.41) is 19.0. The lowest BCUT2D eigenvalue weighted by Gasteiger charge is -2.20. The van der Waals surface area contributed by atoms with Gasteiger partial charge in [0.25, 0.3) is 0 Å². The fourth-order valence-corrected chi connectivity index (χ4v) is 2.16. The molecule has 116 valence electrons. The summed E-state index contributed by atoms with van der Waals surface area (Å²) < 4.78 is 5.29. The molecular formula is C14H28Cl2O3. The molecule has 3 nitrogen and oxygen atoms in total. The van der Waals surface area contributed by atoms with E-state index in [0.29, 0.717) is 0 Å². The average Bonchev–Trinajstić information content (AvgIpc) is 2.41. The van der Waals surface area contributed by atoms with E-state index in [-0.39, 0.29) is 24.0 Å². The minimum atomic E-state index is -0.690. The van der Waals surface area contributed by atoms with Crippen LogP contribution < -0.4 is 0 Å². The van der Waals surface area contributed by atoms with Crippen LogP contribution in [0.15, 0.2) is 0 Å². The van der Waals surface area contributed by atoms with E-state index in [1.807, 2.05) is 0 Å². The highest BCUT2D eigenvalue weighted by Gasteiger charge is 2.19. The molecule has 0 aliphatic heterocycles. The SMILES string of the molecule is CCCCC(Cl)C(O)COCC(O)C(Cl)CCCC. The Morgan fingerprint density at radius 3 is 1.53 bits per heavy atom. The minimum absolute atomic E-state index is 0.145. The second-order valence-electron chi connectivity index (χ2n) is 4.99. The fourth-order valence-electron chi connectivity index (χ4n) is 1.70. The third-order valence-electron chi connectivity index (χ3n) is 3.08. The van der Waals surface area contributed by atoms with Gasteiger partial charge in [0.05, 0.1) is 36.2 Å². The smallest absolute Gasteiger partial charge is 0.0936 e. The molecule has 0 rings (SSSR count). The number of unbranched alkanes of at least 4 members (excludes halogenated alkanes) is 2. The number of aliphatic hydroxyl groups is 2. The van der Waals surface area contributed by atoms with Crippen LogP contribution in [0.3, 0.4) is 0 Å². The van der Waals surface area contributed by atoms with Gasteiger partial charge in [-0.05, 0) is 12.8 Å². The number of ether oxygens (including phenoxy) is 1. The van der Waals surface area contributed by atoms with Gasteiger partial charge in [-0.25, -0.2) is 0 Å². The largest absolute Gasteiger partial charge is 0.389 e. The topological polar surface area (TPSA) is 49.7 Å². The van der Waals surface area contributed by atoms with E-state index >= 15 is 0 Å². The van der Waals surface area contributed by atoms with Crippen molar-refractivity contribution in [3.63, 3.8) is 0 Å². The molecular weight excluding hydrogens is 287 g/mol. The molecule has 4 atom stereocenters. The second kappa shape index (κ2) is 12.2. The summed E-state index contributed by atoms with van der Waals surface area (Å²) in [6, 6.07) is 0. The monoisotopic (exact) mass is 314 g/mol. The molecule has 5 heteroatoms. The lowest BCUT2D eigenvalue weighted by atomic mass is 10.1. The Balaban J connectivity index is 3.70. The van der Waals surface area contributed by atoms with Crippen LogP contribution >= 0.6 is 23.2 Å². The van der Waals surface area contributed by atoms with Crippen LogP contribution in [0.5, 0.6) is 0 Å². The Morgan fingerprint density at radius 2 is 1.21 bits per heavy atom. The Hall–Kier alpha value is 0.460. The molecule has 0 aromatic heterocycles. The van der Waals surface area contributed by atoms with Gasteiger partial charge in [0.2, 0.25) is 0 Å². The summed E-state index contributed by atoms with van der Waals surface area (Å²) in [6.07, 6.45) is 4.28. The lowest BCUT2D eigenvalue weighted by Crippen LogP contribution is -2.31. The van der Waals surface area contributed by atoms with Crippen molar-refractivity contribution in [1.82, 2.24) is 0 Å². The molecule has 2 N–H and O–H groups in total. The molecule has 4 unspecified atom stereocenters. The molecule has 0 bridgehead atoms. The zero-order valence-corrected chi connectivity index (χ0v) is 13.5. The summed E-state index contributed by atoms with van der Waals surface area (Å²) in [4.78, 5) is 0. The maximum atomic E-state index is 9.77. The molecule has 0 aliphatic carbocycles. The second-order valence-corrected chi connectivity index (χ2v) is 6.11. The molecule has 0 saturated heterocycles. The standard InChI is InChI=1S/C14H28Cl2O3/c1-3-5-7-11(15)13(17)9-19-10-14(18)12(16)8-6-4-2/h11-14,17-18H,3-10H2,1-2H3. The molecule has 0 spiro atoms. The Morgan fingerprint density at radius 1 is 0.842 bits per heavy atom. The zero-order valence-electron chi connectivity index (χ0n) is 12.0. The summed E-state index contributed by atoms with van der Waals surface area (Å²) in [7, 11) is 0. The summed E-state index contributed by atoms with van der Waals surface area (Å²) in [5.41, 5.74) is 0. The van der Waals surface area contributed by atoms with Gasteiger partial charge in [-0.15, -0.1) is 23.2 Å². The number of alkyl halides is 2. The van der Waals surface area contributed by atoms with E-state index in [1.54, 1.807) is 0 Å². The Kier molecular flexibility index (Phi) is 12.5. The highest BCUT2D eigenvalue weighted by atomic mass is 35.5. The van der Waals surface area contributed by atoms with Crippen LogP contribution in [0.2, 0.25) is 0 Å². The van der Waals surface area contributed by atoms with E-state index in [0.717, 1.165) is 38.5 Å². The summed E-state index contributed by atoms with van der Waals surface area (Å²) >= 11 is 12.1. The van der Waals surface area contributed by atoms with Gasteiger partial charge in [-0.1, -0.05) is 39.5 Å². The van der Waals surface area contributed by atoms with Crippen LogP contribution in [0, 0.1) is 0 Å². The van der Waals surface area contributed by atoms with E-state index in [4.69, 9.17) is 27.9 Å². The number of aliphatic hydroxyl groups excluding tert-OH is 2. The van der Waals surface area contributed by atoms with Crippen LogP contribution in [0.25, 0.3) is 0 Å². The van der Waals surface area contributed by atoms with Crippen molar-refractivity contribution < 1.29 is 14.9 Å². The van der Waals surface area contributed by atoms with Crippen molar-refractivity contribution in [1.29, 1.82) is 0 Å². The van der Waals surface area contributed by atoms with E-state index in [1.165, 1.54) is 0 Å². The predicted molar refractivity (Wildman–Crippen MR) is 81.2 cm³/mol. The van der Waals surface area contributed by atoms with Gasteiger partial charge in [0.1, 0.15) is 0 Å². The van der Waals surface area contributed by atoms with Crippen molar-refractivity contribution in [2.45, 2.75) is 75.3 Å². The normalized spacial score (nSPS) is 18.0. The van der Waals surface area contributed by atoms with Crippen LogP contribution in [0.4, 0.5) is 0 Å².